The summed E-state index contributed by atoms with van der Waals surface area (Å²) in [4.78, 5) is 12.2. The van der Waals surface area contributed by atoms with Crippen LogP contribution >= 0.6 is 12.6 Å². The Morgan fingerprint density at radius 2 is 2.21 bits per heavy atom. The zero-order valence-electron chi connectivity index (χ0n) is 7.86. The first-order chi connectivity index (χ1) is 6.75. The van der Waals surface area contributed by atoms with Gasteiger partial charge in [0.05, 0.1) is 5.56 Å². The second kappa shape index (κ2) is 5.50. The van der Waals surface area contributed by atoms with E-state index in [2.05, 4.69) is 24.5 Å². The van der Waals surface area contributed by atoms with Gasteiger partial charge in [-0.2, -0.15) is 0 Å². The fourth-order valence-electron chi connectivity index (χ4n) is 1.05. The number of thiol groups is 1. The minimum absolute atomic E-state index is 0.0857. The number of hydrogen-bond donors (Lipinski definition) is 2. The summed E-state index contributed by atoms with van der Waals surface area (Å²) >= 11 is 4.20. The summed E-state index contributed by atoms with van der Waals surface area (Å²) in [5.74, 6) is -0.0857. The highest BCUT2D eigenvalue weighted by molar-refractivity contribution is 7.80. The number of carbonyl (C=O) groups excluding carboxylic acids is 1. The molecule has 0 saturated heterocycles. The van der Waals surface area contributed by atoms with Gasteiger partial charge in [-0.15, -0.1) is 19.2 Å². The van der Waals surface area contributed by atoms with Gasteiger partial charge in [0, 0.05) is 11.4 Å². The molecular formula is C11H13NOS. The van der Waals surface area contributed by atoms with Crippen LogP contribution in [0, 0.1) is 0 Å². The maximum atomic E-state index is 11.5. The summed E-state index contributed by atoms with van der Waals surface area (Å²) in [7, 11) is 0. The highest BCUT2D eigenvalue weighted by atomic mass is 32.1. The van der Waals surface area contributed by atoms with Crippen molar-refractivity contribution in [2.45, 2.75) is 11.3 Å². The van der Waals surface area contributed by atoms with Crippen LogP contribution in [0.2, 0.25) is 0 Å². The van der Waals surface area contributed by atoms with Crippen LogP contribution in [0.5, 0.6) is 0 Å². The molecule has 0 bridgehead atoms. The molecule has 0 aliphatic carbocycles. The van der Waals surface area contributed by atoms with Crippen molar-refractivity contribution in [3.8, 4) is 0 Å². The molecule has 0 aliphatic heterocycles. The van der Waals surface area contributed by atoms with Crippen molar-refractivity contribution in [1.82, 2.24) is 5.32 Å². The van der Waals surface area contributed by atoms with Gasteiger partial charge in [0.25, 0.3) is 5.91 Å². The zero-order chi connectivity index (χ0) is 10.4. The van der Waals surface area contributed by atoms with Gasteiger partial charge in [-0.1, -0.05) is 18.2 Å². The van der Waals surface area contributed by atoms with Crippen LogP contribution in [0.3, 0.4) is 0 Å². The van der Waals surface area contributed by atoms with Crippen molar-refractivity contribution < 1.29 is 4.79 Å². The van der Waals surface area contributed by atoms with Crippen molar-refractivity contribution in [1.29, 1.82) is 0 Å². The van der Waals surface area contributed by atoms with Crippen LogP contribution in [0.15, 0.2) is 41.8 Å². The van der Waals surface area contributed by atoms with Crippen molar-refractivity contribution in [3.05, 3.63) is 42.5 Å². The van der Waals surface area contributed by atoms with E-state index < -0.39 is 0 Å². The predicted octanol–water partition coefficient (Wildman–Crippen LogP) is 2.28. The second-order valence-electron chi connectivity index (χ2n) is 2.85. The largest absolute Gasteiger partial charge is 0.352 e. The molecule has 14 heavy (non-hydrogen) atoms. The Bertz CT molecular complexity index is 336. The van der Waals surface area contributed by atoms with Gasteiger partial charge >= 0.3 is 0 Å². The van der Waals surface area contributed by atoms with E-state index in [0.29, 0.717) is 17.0 Å². The topological polar surface area (TPSA) is 29.1 Å². The predicted molar refractivity (Wildman–Crippen MR) is 60.8 cm³/mol. The highest BCUT2D eigenvalue weighted by Crippen LogP contribution is 2.12. The molecule has 0 heterocycles. The Labute approximate surface area is 89.4 Å². The van der Waals surface area contributed by atoms with Gasteiger partial charge in [-0.25, -0.2) is 0 Å². The molecule has 0 radical (unpaired) electrons. The van der Waals surface area contributed by atoms with Gasteiger partial charge in [0.1, 0.15) is 0 Å². The summed E-state index contributed by atoms with van der Waals surface area (Å²) in [6, 6.07) is 7.22. The minimum Gasteiger partial charge on any atom is -0.352 e. The monoisotopic (exact) mass is 207 g/mol. The van der Waals surface area contributed by atoms with E-state index >= 15 is 0 Å². The van der Waals surface area contributed by atoms with E-state index in [9.17, 15) is 4.79 Å². The lowest BCUT2D eigenvalue weighted by Gasteiger charge is -2.05. The normalized spacial score (nSPS) is 9.50. The quantitative estimate of drug-likeness (QED) is 0.443. The van der Waals surface area contributed by atoms with E-state index in [4.69, 9.17) is 0 Å². The van der Waals surface area contributed by atoms with E-state index in [1.807, 2.05) is 12.1 Å². The molecule has 1 aromatic rings. The lowest BCUT2D eigenvalue weighted by atomic mass is 10.2. The number of rotatable bonds is 4. The molecule has 0 saturated carbocycles. The molecule has 74 valence electrons. The minimum atomic E-state index is -0.0857. The molecule has 0 aromatic heterocycles. The molecule has 0 atom stereocenters. The standard InChI is InChI=1S/C11H13NOS/c1-2-3-8-12-11(13)9-6-4-5-7-10(9)14/h2,4-7,14H,1,3,8H2,(H,12,13). The Morgan fingerprint density at radius 3 is 2.86 bits per heavy atom. The SMILES string of the molecule is C=CCCNC(=O)c1ccccc1S. The van der Waals surface area contributed by atoms with E-state index in [1.54, 1.807) is 18.2 Å². The smallest absolute Gasteiger partial charge is 0.252 e. The molecule has 0 unspecified atom stereocenters. The molecule has 1 N–H and O–H groups in total. The molecule has 1 aromatic carbocycles. The van der Waals surface area contributed by atoms with Gasteiger partial charge in [-0.3, -0.25) is 4.79 Å². The van der Waals surface area contributed by atoms with E-state index in [0.717, 1.165) is 6.42 Å². The van der Waals surface area contributed by atoms with Crippen molar-refractivity contribution >= 4 is 18.5 Å². The van der Waals surface area contributed by atoms with Crippen LogP contribution in [-0.4, -0.2) is 12.5 Å². The fourth-order valence-corrected chi connectivity index (χ4v) is 1.31. The number of amides is 1. The van der Waals surface area contributed by atoms with Crippen LogP contribution in [-0.2, 0) is 0 Å². The van der Waals surface area contributed by atoms with Crippen LogP contribution < -0.4 is 5.32 Å². The molecule has 0 spiro atoms. The van der Waals surface area contributed by atoms with Crippen LogP contribution in [0.25, 0.3) is 0 Å². The Kier molecular flexibility index (Phi) is 4.26. The number of hydrogen-bond acceptors (Lipinski definition) is 2. The van der Waals surface area contributed by atoms with E-state index in [-0.39, 0.29) is 5.91 Å². The van der Waals surface area contributed by atoms with Crippen molar-refractivity contribution in [2.75, 3.05) is 6.54 Å². The first kappa shape index (κ1) is 10.9. The third-order valence-electron chi connectivity index (χ3n) is 1.78. The average molecular weight is 207 g/mol. The lowest BCUT2D eigenvalue weighted by molar-refractivity contribution is 0.0951. The van der Waals surface area contributed by atoms with Gasteiger partial charge in [0.15, 0.2) is 0 Å². The average Bonchev–Trinajstić information content (AvgIpc) is 2.18. The molecule has 2 nitrogen and oxygen atoms in total. The molecule has 1 rings (SSSR count). The van der Waals surface area contributed by atoms with Gasteiger partial charge in [0.2, 0.25) is 0 Å². The summed E-state index contributed by atoms with van der Waals surface area (Å²) < 4.78 is 0. The Hall–Kier alpha value is -1.22. The summed E-state index contributed by atoms with van der Waals surface area (Å²) in [6.45, 7) is 4.20. The number of carbonyl (C=O) groups is 1. The molecule has 0 aliphatic rings. The van der Waals surface area contributed by atoms with Crippen molar-refractivity contribution in [3.63, 3.8) is 0 Å². The summed E-state index contributed by atoms with van der Waals surface area (Å²) in [5.41, 5.74) is 0.611. The van der Waals surface area contributed by atoms with Gasteiger partial charge < -0.3 is 5.32 Å². The zero-order valence-corrected chi connectivity index (χ0v) is 8.76. The fraction of sp³-hybridized carbons (Fsp3) is 0.182. The van der Waals surface area contributed by atoms with Crippen LogP contribution in [0.4, 0.5) is 0 Å². The first-order valence-corrected chi connectivity index (χ1v) is 4.87. The number of nitrogens with one attached hydrogen (secondary N) is 1. The summed E-state index contributed by atoms with van der Waals surface area (Å²) in [5, 5.41) is 2.78. The summed E-state index contributed by atoms with van der Waals surface area (Å²) in [6.07, 6.45) is 2.55. The molecule has 0 fully saturated rings. The van der Waals surface area contributed by atoms with Gasteiger partial charge in [-0.05, 0) is 18.6 Å². The molecule has 3 heteroatoms. The number of benzene rings is 1. The molecular weight excluding hydrogens is 194 g/mol. The highest BCUT2D eigenvalue weighted by Gasteiger charge is 2.06. The Morgan fingerprint density at radius 1 is 1.50 bits per heavy atom. The third kappa shape index (κ3) is 2.92. The van der Waals surface area contributed by atoms with Crippen molar-refractivity contribution in [2.24, 2.45) is 0 Å². The van der Waals surface area contributed by atoms with Crippen LogP contribution in [0.1, 0.15) is 16.8 Å². The first-order valence-electron chi connectivity index (χ1n) is 4.43. The third-order valence-corrected chi connectivity index (χ3v) is 2.17. The molecule has 1 amide bonds. The van der Waals surface area contributed by atoms with E-state index in [1.165, 1.54) is 0 Å². The lowest BCUT2D eigenvalue weighted by Crippen LogP contribution is -2.24. The maximum Gasteiger partial charge on any atom is 0.252 e. The Balaban J connectivity index is 2.60. The second-order valence-corrected chi connectivity index (χ2v) is 3.33. The maximum absolute atomic E-state index is 11.5.